The van der Waals surface area contributed by atoms with Gasteiger partial charge in [-0.3, -0.25) is 14.2 Å². The number of pyridine rings is 1. The first-order valence-corrected chi connectivity index (χ1v) is 9.45. The number of aryl methyl sites for hydroxylation is 1. The van der Waals surface area contributed by atoms with Gasteiger partial charge in [0.2, 0.25) is 5.91 Å². The van der Waals surface area contributed by atoms with Gasteiger partial charge >= 0.3 is 0 Å². The van der Waals surface area contributed by atoms with E-state index in [1.807, 2.05) is 12.1 Å². The molecule has 4 rings (SSSR count). The van der Waals surface area contributed by atoms with Gasteiger partial charge in [-0.25, -0.2) is 0 Å². The molecule has 2 aromatic heterocycles. The Kier molecular flexibility index (Phi) is 5.40. The standard InChI is InChI=1S/C22H20N4O5/c1-13-23-22(31-25-13)16-11-21(28)26(18-7-5-4-6-15(16)18)12-20(27)24-17-10-14(29-2)8-9-19(17)30-3/h4-11H,12H2,1-3H3,(H,24,27). The van der Waals surface area contributed by atoms with E-state index in [4.69, 9.17) is 14.0 Å². The average Bonchev–Trinajstić information content (AvgIpc) is 3.21. The molecule has 9 nitrogen and oxygen atoms in total. The third kappa shape index (κ3) is 3.97. The van der Waals surface area contributed by atoms with Crippen molar-refractivity contribution in [3.05, 3.63) is 64.7 Å². The van der Waals surface area contributed by atoms with Crippen LogP contribution in [-0.4, -0.2) is 34.8 Å². The lowest BCUT2D eigenvalue weighted by atomic mass is 10.1. The van der Waals surface area contributed by atoms with E-state index in [-0.39, 0.29) is 23.9 Å². The van der Waals surface area contributed by atoms with Crippen LogP contribution in [0, 0.1) is 6.92 Å². The zero-order chi connectivity index (χ0) is 22.0. The van der Waals surface area contributed by atoms with Crippen molar-refractivity contribution in [3.63, 3.8) is 0 Å². The summed E-state index contributed by atoms with van der Waals surface area (Å²) in [7, 11) is 3.04. The third-order valence-electron chi connectivity index (χ3n) is 4.76. The van der Waals surface area contributed by atoms with Crippen LogP contribution in [0.1, 0.15) is 5.82 Å². The molecule has 4 aromatic rings. The minimum absolute atomic E-state index is 0.192. The van der Waals surface area contributed by atoms with Gasteiger partial charge < -0.3 is 19.3 Å². The fourth-order valence-corrected chi connectivity index (χ4v) is 3.33. The topological polar surface area (TPSA) is 108 Å². The number of carbonyl (C=O) groups is 1. The molecule has 1 amide bonds. The van der Waals surface area contributed by atoms with Crippen LogP contribution in [0.15, 0.2) is 57.8 Å². The van der Waals surface area contributed by atoms with Crippen LogP contribution in [0.5, 0.6) is 11.5 Å². The van der Waals surface area contributed by atoms with Crippen LogP contribution in [0.4, 0.5) is 5.69 Å². The Hall–Kier alpha value is -4.14. The van der Waals surface area contributed by atoms with E-state index < -0.39 is 0 Å². The summed E-state index contributed by atoms with van der Waals surface area (Å²) in [5, 5.41) is 7.30. The summed E-state index contributed by atoms with van der Waals surface area (Å²) in [5.74, 6) is 1.38. The summed E-state index contributed by atoms with van der Waals surface area (Å²) in [5.41, 5.74) is 1.18. The molecule has 0 fully saturated rings. The summed E-state index contributed by atoms with van der Waals surface area (Å²) < 4.78 is 17.1. The first-order valence-electron chi connectivity index (χ1n) is 9.45. The Bertz CT molecular complexity index is 1330. The van der Waals surface area contributed by atoms with Crippen molar-refractivity contribution in [2.45, 2.75) is 13.5 Å². The van der Waals surface area contributed by atoms with Crippen molar-refractivity contribution >= 4 is 22.5 Å². The third-order valence-corrected chi connectivity index (χ3v) is 4.76. The van der Waals surface area contributed by atoms with E-state index in [2.05, 4.69) is 15.5 Å². The molecule has 0 aliphatic rings. The molecule has 0 saturated heterocycles. The van der Waals surface area contributed by atoms with Crippen LogP contribution in [0.2, 0.25) is 0 Å². The van der Waals surface area contributed by atoms with Crippen LogP contribution >= 0.6 is 0 Å². The maximum absolute atomic E-state index is 12.9. The highest BCUT2D eigenvalue weighted by atomic mass is 16.5. The number of benzene rings is 2. The number of carbonyl (C=O) groups excluding carboxylic acids is 1. The van der Waals surface area contributed by atoms with Crippen molar-refractivity contribution in [1.82, 2.24) is 14.7 Å². The van der Waals surface area contributed by atoms with Crippen molar-refractivity contribution in [2.24, 2.45) is 0 Å². The predicted octanol–water partition coefficient (Wildman–Crippen LogP) is 3.02. The normalized spacial score (nSPS) is 10.8. The maximum atomic E-state index is 12.9. The van der Waals surface area contributed by atoms with Gasteiger partial charge in [-0.05, 0) is 25.1 Å². The molecule has 1 N–H and O–H groups in total. The van der Waals surface area contributed by atoms with Gasteiger partial charge in [-0.15, -0.1) is 0 Å². The van der Waals surface area contributed by atoms with Crippen LogP contribution in [0.3, 0.4) is 0 Å². The quantitative estimate of drug-likeness (QED) is 0.511. The zero-order valence-corrected chi connectivity index (χ0v) is 17.2. The van der Waals surface area contributed by atoms with E-state index >= 15 is 0 Å². The molecule has 31 heavy (non-hydrogen) atoms. The number of nitrogens with one attached hydrogen (secondary N) is 1. The van der Waals surface area contributed by atoms with Crippen molar-refractivity contribution in [3.8, 4) is 23.0 Å². The van der Waals surface area contributed by atoms with Gasteiger partial charge in [0.15, 0.2) is 5.82 Å². The highest BCUT2D eigenvalue weighted by Gasteiger charge is 2.17. The fourth-order valence-electron chi connectivity index (χ4n) is 3.33. The Morgan fingerprint density at radius 3 is 2.65 bits per heavy atom. The zero-order valence-electron chi connectivity index (χ0n) is 17.2. The lowest BCUT2D eigenvalue weighted by Crippen LogP contribution is -2.28. The van der Waals surface area contributed by atoms with Crippen molar-refractivity contribution in [1.29, 1.82) is 0 Å². The number of aromatic nitrogens is 3. The number of rotatable bonds is 6. The molecular formula is C22H20N4O5. The van der Waals surface area contributed by atoms with Gasteiger partial charge in [0.1, 0.15) is 18.0 Å². The summed E-state index contributed by atoms with van der Waals surface area (Å²) >= 11 is 0. The van der Waals surface area contributed by atoms with Gasteiger partial charge in [0.25, 0.3) is 11.4 Å². The summed E-state index contributed by atoms with van der Waals surface area (Å²) in [4.78, 5) is 29.9. The lowest BCUT2D eigenvalue weighted by Gasteiger charge is -2.14. The summed E-state index contributed by atoms with van der Waals surface area (Å²) in [6, 6.07) is 13.7. The number of hydrogen-bond donors (Lipinski definition) is 1. The van der Waals surface area contributed by atoms with Crippen molar-refractivity contribution < 1.29 is 18.8 Å². The predicted molar refractivity (Wildman–Crippen MR) is 114 cm³/mol. The second-order valence-electron chi connectivity index (χ2n) is 6.76. The Balaban J connectivity index is 1.70. The number of ether oxygens (including phenoxy) is 2. The molecule has 0 aliphatic heterocycles. The first-order chi connectivity index (χ1) is 15.0. The number of amides is 1. The van der Waals surface area contributed by atoms with Gasteiger partial charge in [0.05, 0.1) is 31.0 Å². The molecule has 0 aliphatic carbocycles. The van der Waals surface area contributed by atoms with Crippen LogP contribution < -0.4 is 20.3 Å². The highest BCUT2D eigenvalue weighted by Crippen LogP contribution is 2.29. The number of fused-ring (bicyclic) bond motifs is 1. The molecule has 2 aromatic carbocycles. The number of hydrogen-bond acceptors (Lipinski definition) is 7. The largest absolute Gasteiger partial charge is 0.497 e. The SMILES string of the molecule is COc1ccc(OC)c(NC(=O)Cn2c(=O)cc(-c3nc(C)no3)c3ccccc32)c1. The second kappa shape index (κ2) is 8.31. The minimum atomic E-state index is -0.389. The molecule has 0 saturated carbocycles. The Labute approximate surface area is 177 Å². The monoisotopic (exact) mass is 420 g/mol. The average molecular weight is 420 g/mol. The van der Waals surface area contributed by atoms with Crippen molar-refractivity contribution in [2.75, 3.05) is 19.5 Å². The molecule has 0 bridgehead atoms. The fraction of sp³-hybridized carbons (Fsp3) is 0.182. The smallest absolute Gasteiger partial charge is 0.258 e. The Morgan fingerprint density at radius 2 is 1.94 bits per heavy atom. The van der Waals surface area contributed by atoms with E-state index in [0.717, 1.165) is 5.39 Å². The summed E-state index contributed by atoms with van der Waals surface area (Å²) in [6.07, 6.45) is 0. The van der Waals surface area contributed by atoms with E-state index in [0.29, 0.717) is 34.1 Å². The molecular weight excluding hydrogens is 400 g/mol. The lowest BCUT2D eigenvalue weighted by molar-refractivity contribution is -0.116. The van der Waals surface area contributed by atoms with Crippen LogP contribution in [-0.2, 0) is 11.3 Å². The Morgan fingerprint density at radius 1 is 1.13 bits per heavy atom. The molecule has 2 heterocycles. The van der Waals surface area contributed by atoms with E-state index in [9.17, 15) is 9.59 Å². The number of para-hydroxylation sites is 1. The highest BCUT2D eigenvalue weighted by molar-refractivity contribution is 5.96. The van der Waals surface area contributed by atoms with E-state index in [1.165, 1.54) is 24.9 Å². The molecule has 0 atom stereocenters. The first kappa shape index (κ1) is 20.1. The van der Waals surface area contributed by atoms with E-state index in [1.54, 1.807) is 37.3 Å². The number of nitrogens with zero attached hydrogens (tertiary/aromatic N) is 3. The van der Waals surface area contributed by atoms with Crippen LogP contribution in [0.25, 0.3) is 22.4 Å². The minimum Gasteiger partial charge on any atom is -0.497 e. The summed E-state index contributed by atoms with van der Waals surface area (Å²) in [6.45, 7) is 1.51. The number of anilines is 1. The molecule has 0 radical (unpaired) electrons. The molecule has 9 heteroatoms. The second-order valence-corrected chi connectivity index (χ2v) is 6.76. The molecule has 0 spiro atoms. The van der Waals surface area contributed by atoms with Gasteiger partial charge in [0, 0.05) is 17.5 Å². The maximum Gasteiger partial charge on any atom is 0.258 e. The molecule has 158 valence electrons. The van der Waals surface area contributed by atoms with Gasteiger partial charge in [-0.1, -0.05) is 23.4 Å². The van der Waals surface area contributed by atoms with Gasteiger partial charge in [-0.2, -0.15) is 4.98 Å². The number of methoxy groups -OCH3 is 2. The molecule has 0 unspecified atom stereocenters.